The van der Waals surface area contributed by atoms with Gasteiger partial charge in [0, 0.05) is 6.42 Å². The first-order valence-corrected chi connectivity index (χ1v) is 8.19. The van der Waals surface area contributed by atoms with Crippen molar-refractivity contribution < 1.29 is 9.53 Å². The number of carbonyl (C=O) groups is 1. The van der Waals surface area contributed by atoms with Crippen LogP contribution < -0.4 is 5.32 Å². The van der Waals surface area contributed by atoms with E-state index in [9.17, 15) is 4.79 Å². The Morgan fingerprint density at radius 2 is 1.89 bits per heavy atom. The van der Waals surface area contributed by atoms with E-state index in [2.05, 4.69) is 12.2 Å². The first kappa shape index (κ1) is 16.5. The third-order valence-electron chi connectivity index (χ3n) is 3.87. The molecule has 112 valence electrons. The van der Waals surface area contributed by atoms with Gasteiger partial charge in [0.2, 0.25) is 0 Å². The highest BCUT2D eigenvalue weighted by molar-refractivity contribution is 5.69. The Bertz CT molecular complexity index is 225. The van der Waals surface area contributed by atoms with Crippen LogP contribution in [0.2, 0.25) is 0 Å². The zero-order chi connectivity index (χ0) is 13.8. The van der Waals surface area contributed by atoms with Gasteiger partial charge in [-0.05, 0) is 57.5 Å². The van der Waals surface area contributed by atoms with Gasteiger partial charge in [-0.25, -0.2) is 0 Å². The number of unbranched alkanes of at least 4 members (excludes halogenated alkanes) is 2. The van der Waals surface area contributed by atoms with Gasteiger partial charge in [-0.15, -0.1) is 0 Å². The molecule has 0 unspecified atom stereocenters. The maximum absolute atomic E-state index is 11.7. The van der Waals surface area contributed by atoms with Gasteiger partial charge in [0.15, 0.2) is 0 Å². The maximum atomic E-state index is 11.7. The van der Waals surface area contributed by atoms with Crippen LogP contribution in [0.25, 0.3) is 0 Å². The molecular formula is C16H31NO2. The molecule has 0 amide bonds. The van der Waals surface area contributed by atoms with E-state index in [-0.39, 0.29) is 5.97 Å². The summed E-state index contributed by atoms with van der Waals surface area (Å²) < 4.78 is 5.31. The number of rotatable bonds is 10. The smallest absolute Gasteiger partial charge is 0.306 e. The van der Waals surface area contributed by atoms with Crippen LogP contribution in [0.3, 0.4) is 0 Å². The normalized spacial score (nSPS) is 16.5. The van der Waals surface area contributed by atoms with E-state index in [1.165, 1.54) is 44.9 Å². The van der Waals surface area contributed by atoms with Crippen molar-refractivity contribution in [3.8, 4) is 0 Å². The molecule has 0 spiro atoms. The summed E-state index contributed by atoms with van der Waals surface area (Å²) in [4.78, 5) is 11.7. The van der Waals surface area contributed by atoms with E-state index in [1.807, 2.05) is 0 Å². The molecule has 0 aromatic carbocycles. The lowest BCUT2D eigenvalue weighted by molar-refractivity contribution is -0.145. The molecule has 0 aromatic heterocycles. The van der Waals surface area contributed by atoms with Crippen LogP contribution in [0.1, 0.15) is 71.1 Å². The second-order valence-corrected chi connectivity index (χ2v) is 5.74. The van der Waals surface area contributed by atoms with Crippen LogP contribution in [-0.4, -0.2) is 25.7 Å². The lowest BCUT2D eigenvalue weighted by atomic mass is 9.87. The number of nitrogens with one attached hydrogen (secondary N) is 1. The fraction of sp³-hybridized carbons (Fsp3) is 0.938. The van der Waals surface area contributed by atoms with Crippen molar-refractivity contribution >= 4 is 5.97 Å². The summed E-state index contributed by atoms with van der Waals surface area (Å²) in [5.41, 5.74) is 0. The van der Waals surface area contributed by atoms with E-state index >= 15 is 0 Å². The molecule has 3 nitrogen and oxygen atoms in total. The summed E-state index contributed by atoms with van der Waals surface area (Å²) in [7, 11) is 0. The van der Waals surface area contributed by atoms with Gasteiger partial charge < -0.3 is 10.1 Å². The number of hydrogen-bond donors (Lipinski definition) is 1. The lowest BCUT2D eigenvalue weighted by Gasteiger charge is -2.20. The molecule has 0 radical (unpaired) electrons. The minimum atomic E-state index is 0.0241. The number of carbonyl (C=O) groups excluding carboxylic acids is 1. The molecule has 0 atom stereocenters. The van der Waals surface area contributed by atoms with Crippen LogP contribution in [0.15, 0.2) is 0 Å². The Morgan fingerprint density at radius 1 is 1.11 bits per heavy atom. The molecule has 19 heavy (non-hydrogen) atoms. The minimum Gasteiger partial charge on any atom is -0.466 e. The Balaban J connectivity index is 1.87. The second-order valence-electron chi connectivity index (χ2n) is 5.74. The quantitative estimate of drug-likeness (QED) is 0.486. The molecule has 0 heterocycles. The molecule has 1 fully saturated rings. The average molecular weight is 269 g/mol. The van der Waals surface area contributed by atoms with Gasteiger partial charge in [-0.1, -0.05) is 26.2 Å². The summed E-state index contributed by atoms with van der Waals surface area (Å²) in [6.07, 6.45) is 11.5. The van der Waals surface area contributed by atoms with Crippen LogP contribution in [0.4, 0.5) is 0 Å². The van der Waals surface area contributed by atoms with Crippen molar-refractivity contribution in [2.24, 2.45) is 5.92 Å². The molecule has 1 aliphatic rings. The summed E-state index contributed by atoms with van der Waals surface area (Å²) in [6.45, 7) is 4.98. The van der Waals surface area contributed by atoms with Gasteiger partial charge >= 0.3 is 5.97 Å². The summed E-state index contributed by atoms with van der Waals surface area (Å²) in [5.74, 6) is 0.621. The van der Waals surface area contributed by atoms with Gasteiger partial charge in [-0.2, -0.15) is 0 Å². The lowest BCUT2D eigenvalue weighted by Crippen LogP contribution is -2.16. The van der Waals surface area contributed by atoms with Crippen LogP contribution in [-0.2, 0) is 9.53 Å². The number of ether oxygens (including phenoxy) is 1. The SMILES string of the molecule is CCCNCCCCCOC(=O)CC1CCCCC1. The Morgan fingerprint density at radius 3 is 2.63 bits per heavy atom. The third-order valence-corrected chi connectivity index (χ3v) is 3.87. The zero-order valence-electron chi connectivity index (χ0n) is 12.6. The molecule has 3 heteroatoms. The summed E-state index contributed by atoms with van der Waals surface area (Å²) in [6, 6.07) is 0. The highest BCUT2D eigenvalue weighted by atomic mass is 16.5. The van der Waals surface area contributed by atoms with Crippen molar-refractivity contribution in [1.82, 2.24) is 5.32 Å². The van der Waals surface area contributed by atoms with Crippen molar-refractivity contribution in [2.75, 3.05) is 19.7 Å². The first-order valence-electron chi connectivity index (χ1n) is 8.19. The third kappa shape index (κ3) is 9.04. The van der Waals surface area contributed by atoms with Crippen LogP contribution in [0, 0.1) is 5.92 Å². The number of hydrogen-bond acceptors (Lipinski definition) is 3. The maximum Gasteiger partial charge on any atom is 0.306 e. The van der Waals surface area contributed by atoms with Gasteiger partial charge in [0.1, 0.15) is 0 Å². The Hall–Kier alpha value is -0.570. The van der Waals surface area contributed by atoms with Gasteiger partial charge in [0.05, 0.1) is 6.61 Å². The monoisotopic (exact) mass is 269 g/mol. The van der Waals surface area contributed by atoms with Gasteiger partial charge in [-0.3, -0.25) is 4.79 Å². The molecule has 1 N–H and O–H groups in total. The molecule has 1 aliphatic carbocycles. The fourth-order valence-electron chi connectivity index (χ4n) is 2.70. The first-order chi connectivity index (χ1) is 9.33. The molecule has 0 aliphatic heterocycles. The topological polar surface area (TPSA) is 38.3 Å². The predicted molar refractivity (Wildman–Crippen MR) is 79.2 cm³/mol. The zero-order valence-corrected chi connectivity index (χ0v) is 12.6. The molecule has 0 aromatic rings. The van der Waals surface area contributed by atoms with Crippen molar-refractivity contribution in [2.45, 2.75) is 71.1 Å². The Kier molecular flexibility index (Phi) is 9.78. The molecule has 1 rings (SSSR count). The van der Waals surface area contributed by atoms with E-state index in [1.54, 1.807) is 0 Å². The largest absolute Gasteiger partial charge is 0.466 e. The Labute approximate surface area is 118 Å². The highest BCUT2D eigenvalue weighted by Gasteiger charge is 2.17. The molecule has 0 bridgehead atoms. The van der Waals surface area contributed by atoms with Crippen molar-refractivity contribution in [3.63, 3.8) is 0 Å². The van der Waals surface area contributed by atoms with E-state index in [0.29, 0.717) is 18.9 Å². The highest BCUT2D eigenvalue weighted by Crippen LogP contribution is 2.26. The minimum absolute atomic E-state index is 0.0241. The van der Waals surface area contributed by atoms with E-state index in [0.717, 1.165) is 25.9 Å². The second kappa shape index (κ2) is 11.3. The van der Waals surface area contributed by atoms with Crippen molar-refractivity contribution in [3.05, 3.63) is 0 Å². The standard InChI is InChI=1S/C16H31NO2/c1-2-11-17-12-7-4-8-13-19-16(18)14-15-9-5-3-6-10-15/h15,17H,2-14H2,1H3. The number of esters is 1. The van der Waals surface area contributed by atoms with E-state index < -0.39 is 0 Å². The molecule has 0 saturated heterocycles. The molecule has 1 saturated carbocycles. The van der Waals surface area contributed by atoms with Crippen molar-refractivity contribution in [1.29, 1.82) is 0 Å². The summed E-state index contributed by atoms with van der Waals surface area (Å²) >= 11 is 0. The summed E-state index contributed by atoms with van der Waals surface area (Å²) in [5, 5.41) is 3.38. The van der Waals surface area contributed by atoms with Crippen LogP contribution in [0.5, 0.6) is 0 Å². The molecular weight excluding hydrogens is 238 g/mol. The van der Waals surface area contributed by atoms with Gasteiger partial charge in [0.25, 0.3) is 0 Å². The fourth-order valence-corrected chi connectivity index (χ4v) is 2.70. The van der Waals surface area contributed by atoms with Crippen LogP contribution >= 0.6 is 0 Å². The average Bonchev–Trinajstić information content (AvgIpc) is 2.43. The van der Waals surface area contributed by atoms with E-state index in [4.69, 9.17) is 4.74 Å². The predicted octanol–water partition coefficient (Wildman–Crippen LogP) is 3.67.